The molecule has 134 valence electrons. The van der Waals surface area contributed by atoms with Crippen molar-refractivity contribution in [3.63, 3.8) is 0 Å². The van der Waals surface area contributed by atoms with Crippen LogP contribution in [-0.4, -0.2) is 33.4 Å². The third kappa shape index (κ3) is 5.68. The maximum Gasteiger partial charge on any atom is 0.331 e. The van der Waals surface area contributed by atoms with Crippen molar-refractivity contribution in [1.29, 1.82) is 0 Å². The predicted molar refractivity (Wildman–Crippen MR) is 112 cm³/mol. The summed E-state index contributed by atoms with van der Waals surface area (Å²) >= 11 is 7.42. The Hall–Kier alpha value is -2.70. The third-order valence-electron chi connectivity index (χ3n) is 3.03. The molecule has 0 fully saturated rings. The quantitative estimate of drug-likeness (QED) is 0.303. The number of halogens is 1. The minimum atomic E-state index is -0.339. The molecule has 26 heavy (non-hydrogen) atoms. The summed E-state index contributed by atoms with van der Waals surface area (Å²) in [5, 5.41) is 8.81. The maximum atomic E-state index is 11.9. The van der Waals surface area contributed by atoms with Crippen LogP contribution in [0.1, 0.15) is 0 Å². The molecule has 0 radical (unpaired) electrons. The summed E-state index contributed by atoms with van der Waals surface area (Å²) in [4.78, 5) is 20.4. The molecule has 1 aromatic carbocycles. The van der Waals surface area contributed by atoms with Gasteiger partial charge in [0.2, 0.25) is 5.95 Å². The van der Waals surface area contributed by atoms with Gasteiger partial charge in [0.05, 0.1) is 17.6 Å². The molecule has 1 heterocycles. The molecule has 0 aliphatic carbocycles. The first-order chi connectivity index (χ1) is 12.5. The molecule has 0 saturated carbocycles. The molecule has 3 N–H and O–H groups in total. The molecule has 9 heteroatoms. The molecule has 2 rings (SSSR count). The van der Waals surface area contributed by atoms with Gasteiger partial charge in [-0.25, -0.2) is 9.78 Å². The maximum absolute atomic E-state index is 11.9. The zero-order chi connectivity index (χ0) is 18.9. The summed E-state index contributed by atoms with van der Waals surface area (Å²) in [5.41, 5.74) is 1.40. The normalized spacial score (nSPS) is 9.73. The summed E-state index contributed by atoms with van der Waals surface area (Å²) in [6.45, 7) is 4.26. The predicted octanol–water partition coefficient (Wildman–Crippen LogP) is 3.89. The Morgan fingerprint density at radius 1 is 1.38 bits per heavy atom. The summed E-state index contributed by atoms with van der Waals surface area (Å²) < 4.78 is 1.94. The van der Waals surface area contributed by atoms with Crippen LogP contribution in [0.3, 0.4) is 0 Å². The minimum Gasteiger partial charge on any atom is -0.358 e. The molecular formula is C17H17BrN6OS. The number of nitrogens with one attached hydrogen (secondary N) is 3. The fourth-order valence-corrected chi connectivity index (χ4v) is 2.34. The summed E-state index contributed by atoms with van der Waals surface area (Å²) in [7, 11) is 0. The van der Waals surface area contributed by atoms with Gasteiger partial charge in [-0.1, -0.05) is 24.8 Å². The molecule has 2 aromatic rings. The standard InChI is InChI=1S/C17H17BrN6OS/c1-3-9-19-15-14(18)11-20-16(23-15)21-12-5-7-13(8-6-12)22-17(25)24(26)10-4-2/h1,4-8,11,26H,2,9-10H2,(H,22,25)(H2,19,20,21,23). The van der Waals surface area contributed by atoms with Crippen molar-refractivity contribution in [2.75, 3.05) is 29.0 Å². The lowest BCUT2D eigenvalue weighted by atomic mass is 10.3. The van der Waals surface area contributed by atoms with Crippen molar-refractivity contribution in [2.45, 2.75) is 0 Å². The Kier molecular flexibility index (Phi) is 7.32. The van der Waals surface area contributed by atoms with Crippen LogP contribution in [0.5, 0.6) is 0 Å². The Labute approximate surface area is 166 Å². The number of benzene rings is 1. The van der Waals surface area contributed by atoms with E-state index in [1.54, 1.807) is 36.5 Å². The molecule has 0 spiro atoms. The second kappa shape index (κ2) is 9.70. The van der Waals surface area contributed by atoms with E-state index in [1.165, 1.54) is 4.31 Å². The molecule has 0 atom stereocenters. The molecular weight excluding hydrogens is 416 g/mol. The number of carbonyl (C=O) groups excluding carboxylic acids is 1. The second-order valence-corrected chi connectivity index (χ2v) is 6.29. The summed E-state index contributed by atoms with van der Waals surface area (Å²) in [5.74, 6) is 3.50. The van der Waals surface area contributed by atoms with Crippen LogP contribution in [0.2, 0.25) is 0 Å². The lowest BCUT2D eigenvalue weighted by molar-refractivity contribution is 0.241. The van der Waals surface area contributed by atoms with E-state index < -0.39 is 0 Å². The smallest absolute Gasteiger partial charge is 0.331 e. The van der Waals surface area contributed by atoms with E-state index in [-0.39, 0.29) is 6.03 Å². The van der Waals surface area contributed by atoms with Crippen LogP contribution in [-0.2, 0) is 0 Å². The highest BCUT2D eigenvalue weighted by atomic mass is 79.9. The van der Waals surface area contributed by atoms with Gasteiger partial charge in [-0.05, 0) is 40.2 Å². The van der Waals surface area contributed by atoms with Gasteiger partial charge in [0.15, 0.2) is 0 Å². The van der Waals surface area contributed by atoms with Crippen molar-refractivity contribution in [3.05, 3.63) is 47.6 Å². The first kappa shape index (κ1) is 19.6. The number of thiol groups is 1. The first-order valence-corrected chi connectivity index (χ1v) is 8.68. The molecule has 2 amide bonds. The van der Waals surface area contributed by atoms with Gasteiger partial charge in [-0.15, -0.1) is 13.0 Å². The number of amides is 2. The van der Waals surface area contributed by atoms with E-state index in [2.05, 4.69) is 67.2 Å². The van der Waals surface area contributed by atoms with Crippen molar-refractivity contribution >= 4 is 57.9 Å². The molecule has 1 aromatic heterocycles. The third-order valence-corrected chi connectivity index (χ3v) is 3.96. The van der Waals surface area contributed by atoms with E-state index in [9.17, 15) is 4.79 Å². The molecule has 0 aliphatic heterocycles. The van der Waals surface area contributed by atoms with Crippen molar-refractivity contribution in [1.82, 2.24) is 14.3 Å². The fraction of sp³-hybridized carbons (Fsp3) is 0.118. The van der Waals surface area contributed by atoms with Gasteiger partial charge in [0, 0.05) is 17.6 Å². The first-order valence-electron chi connectivity index (χ1n) is 7.48. The molecule has 0 aliphatic rings. The van der Waals surface area contributed by atoms with Crippen molar-refractivity contribution in [2.24, 2.45) is 0 Å². The molecule has 0 bridgehead atoms. The van der Waals surface area contributed by atoms with Gasteiger partial charge >= 0.3 is 6.03 Å². The van der Waals surface area contributed by atoms with Crippen LogP contribution in [0, 0.1) is 12.3 Å². The van der Waals surface area contributed by atoms with E-state index >= 15 is 0 Å². The van der Waals surface area contributed by atoms with E-state index in [0.717, 1.165) is 5.69 Å². The lowest BCUT2D eigenvalue weighted by Gasteiger charge is -2.14. The number of hydrogen-bond donors (Lipinski definition) is 4. The fourth-order valence-electron chi connectivity index (χ4n) is 1.85. The average molecular weight is 433 g/mol. The number of aromatic nitrogens is 2. The van der Waals surface area contributed by atoms with Crippen LogP contribution in [0.4, 0.5) is 27.9 Å². The van der Waals surface area contributed by atoms with E-state index in [4.69, 9.17) is 6.42 Å². The highest BCUT2D eigenvalue weighted by molar-refractivity contribution is 9.10. The van der Waals surface area contributed by atoms with Gasteiger partial charge in [0.25, 0.3) is 0 Å². The molecule has 0 saturated heterocycles. The molecule has 0 unspecified atom stereocenters. The summed E-state index contributed by atoms with van der Waals surface area (Å²) in [6.07, 6.45) is 8.46. The Morgan fingerprint density at radius 3 is 2.73 bits per heavy atom. The highest BCUT2D eigenvalue weighted by Crippen LogP contribution is 2.22. The van der Waals surface area contributed by atoms with E-state index in [0.29, 0.717) is 35.0 Å². The zero-order valence-corrected chi connectivity index (χ0v) is 16.2. The number of urea groups is 1. The van der Waals surface area contributed by atoms with Gasteiger partial charge in [0.1, 0.15) is 5.82 Å². The SMILES string of the molecule is C#CCNc1nc(Nc2ccc(NC(=O)N(S)CC=C)cc2)ncc1Br. The number of rotatable bonds is 7. The van der Waals surface area contributed by atoms with E-state index in [1.807, 2.05) is 0 Å². The zero-order valence-electron chi connectivity index (χ0n) is 13.7. The number of anilines is 4. The van der Waals surface area contributed by atoms with Crippen LogP contribution in [0.15, 0.2) is 47.6 Å². The lowest BCUT2D eigenvalue weighted by Crippen LogP contribution is -2.27. The largest absolute Gasteiger partial charge is 0.358 e. The second-order valence-electron chi connectivity index (χ2n) is 4.95. The average Bonchev–Trinajstić information content (AvgIpc) is 2.64. The number of terminal acetylenes is 1. The monoisotopic (exact) mass is 432 g/mol. The minimum absolute atomic E-state index is 0.339. The molecule has 7 nitrogen and oxygen atoms in total. The highest BCUT2D eigenvalue weighted by Gasteiger charge is 2.08. The van der Waals surface area contributed by atoms with Gasteiger partial charge < -0.3 is 16.0 Å². The number of carbonyl (C=O) groups is 1. The number of hydrogen-bond acceptors (Lipinski definition) is 6. The van der Waals surface area contributed by atoms with Gasteiger partial charge in [-0.3, -0.25) is 4.31 Å². The van der Waals surface area contributed by atoms with Gasteiger partial charge in [-0.2, -0.15) is 4.98 Å². The topological polar surface area (TPSA) is 82.2 Å². The van der Waals surface area contributed by atoms with Crippen molar-refractivity contribution < 1.29 is 4.79 Å². The Morgan fingerprint density at radius 2 is 2.08 bits per heavy atom. The van der Waals surface area contributed by atoms with Crippen molar-refractivity contribution in [3.8, 4) is 12.3 Å². The number of nitrogens with zero attached hydrogens (tertiary/aromatic N) is 3. The van der Waals surface area contributed by atoms with Crippen LogP contribution < -0.4 is 16.0 Å². The Bertz CT molecular complexity index is 821. The van der Waals surface area contributed by atoms with Crippen LogP contribution in [0.25, 0.3) is 0 Å². The van der Waals surface area contributed by atoms with Crippen LogP contribution >= 0.6 is 28.7 Å². The Balaban J connectivity index is 2.02. The summed E-state index contributed by atoms with van der Waals surface area (Å²) in [6, 6.07) is 6.77.